The van der Waals surface area contributed by atoms with Gasteiger partial charge in [0.15, 0.2) is 16.6 Å². The molecule has 2 heterocycles. The average Bonchev–Trinajstić information content (AvgIpc) is 3.10. The van der Waals surface area contributed by atoms with Gasteiger partial charge in [0.2, 0.25) is 5.91 Å². The Hall–Kier alpha value is -2.82. The standard InChI is InChI=1S/C20H18ClN3O5S2/c21-16-10-13(11-17-19(16)29-8-1-7-28-17)12-18(25)23-14-2-4-15(5-3-14)31(26,27)24-20-22-6-9-30-20/h2-6,9-11H,1,7-8,12H2,(H,22,24)(H,23,25). The first kappa shape index (κ1) is 21.4. The molecule has 3 aromatic rings. The molecule has 0 aliphatic carbocycles. The summed E-state index contributed by atoms with van der Waals surface area (Å²) in [4.78, 5) is 16.4. The van der Waals surface area contributed by atoms with Crippen LogP contribution in [0, 0.1) is 0 Å². The smallest absolute Gasteiger partial charge is 0.263 e. The number of nitrogens with zero attached hydrogens (tertiary/aromatic N) is 1. The summed E-state index contributed by atoms with van der Waals surface area (Å²) in [5, 5.41) is 5.10. The van der Waals surface area contributed by atoms with Gasteiger partial charge in [0.1, 0.15) is 0 Å². The molecule has 162 valence electrons. The maximum atomic E-state index is 12.5. The highest BCUT2D eigenvalue weighted by Gasteiger charge is 2.18. The second-order valence-corrected chi connectivity index (χ2v) is 9.63. The number of hydrogen-bond acceptors (Lipinski definition) is 7. The lowest BCUT2D eigenvalue weighted by atomic mass is 10.1. The van der Waals surface area contributed by atoms with E-state index in [2.05, 4.69) is 15.0 Å². The summed E-state index contributed by atoms with van der Waals surface area (Å²) in [6.45, 7) is 1.04. The summed E-state index contributed by atoms with van der Waals surface area (Å²) in [7, 11) is -3.75. The van der Waals surface area contributed by atoms with Gasteiger partial charge in [0.05, 0.1) is 29.6 Å². The number of hydrogen-bond donors (Lipinski definition) is 2. The van der Waals surface area contributed by atoms with E-state index in [1.807, 2.05) is 0 Å². The van der Waals surface area contributed by atoms with Crippen LogP contribution in [0.2, 0.25) is 5.02 Å². The van der Waals surface area contributed by atoms with Crippen molar-refractivity contribution in [1.82, 2.24) is 4.98 Å². The number of amides is 1. The van der Waals surface area contributed by atoms with Gasteiger partial charge < -0.3 is 14.8 Å². The van der Waals surface area contributed by atoms with Crippen molar-refractivity contribution in [3.63, 3.8) is 0 Å². The highest BCUT2D eigenvalue weighted by molar-refractivity contribution is 7.93. The van der Waals surface area contributed by atoms with Gasteiger partial charge in [0.25, 0.3) is 10.0 Å². The molecular weight excluding hydrogens is 462 g/mol. The van der Waals surface area contributed by atoms with Gasteiger partial charge in [0, 0.05) is 23.7 Å². The summed E-state index contributed by atoms with van der Waals surface area (Å²) in [6.07, 6.45) is 2.34. The highest BCUT2D eigenvalue weighted by atomic mass is 35.5. The number of ether oxygens (including phenoxy) is 2. The summed E-state index contributed by atoms with van der Waals surface area (Å²) < 4.78 is 38.4. The fourth-order valence-electron chi connectivity index (χ4n) is 2.94. The SMILES string of the molecule is O=C(Cc1cc(Cl)c2c(c1)OCCCO2)Nc1ccc(S(=O)(=O)Nc2nccs2)cc1. The molecule has 1 aromatic heterocycles. The second-order valence-electron chi connectivity index (χ2n) is 6.65. The van der Waals surface area contributed by atoms with Crippen molar-refractivity contribution in [1.29, 1.82) is 0 Å². The normalized spacial score (nSPS) is 13.3. The van der Waals surface area contributed by atoms with Gasteiger partial charge in [-0.05, 0) is 42.0 Å². The molecular formula is C20H18ClN3O5S2. The van der Waals surface area contributed by atoms with Crippen LogP contribution >= 0.6 is 22.9 Å². The number of anilines is 2. The lowest BCUT2D eigenvalue weighted by Gasteiger charge is -2.12. The van der Waals surface area contributed by atoms with Crippen LogP contribution in [0.1, 0.15) is 12.0 Å². The predicted octanol–water partition coefficient (Wildman–Crippen LogP) is 3.94. The molecule has 2 N–H and O–H groups in total. The topological polar surface area (TPSA) is 107 Å². The summed E-state index contributed by atoms with van der Waals surface area (Å²) in [5.74, 6) is 0.739. The fourth-order valence-corrected chi connectivity index (χ4v) is 5.02. The van der Waals surface area contributed by atoms with Crippen LogP contribution in [0.15, 0.2) is 52.9 Å². The Morgan fingerprint density at radius 2 is 1.94 bits per heavy atom. The third kappa shape index (κ3) is 5.27. The van der Waals surface area contributed by atoms with Crippen LogP contribution < -0.4 is 19.5 Å². The molecule has 8 nitrogen and oxygen atoms in total. The minimum Gasteiger partial charge on any atom is -0.489 e. The maximum Gasteiger partial charge on any atom is 0.263 e. The quantitative estimate of drug-likeness (QED) is 0.554. The fraction of sp³-hybridized carbons (Fsp3) is 0.200. The molecule has 0 atom stereocenters. The van der Waals surface area contributed by atoms with Crippen LogP contribution in [0.25, 0.3) is 0 Å². The molecule has 0 unspecified atom stereocenters. The number of rotatable bonds is 6. The first-order valence-corrected chi connectivity index (χ1v) is 12.0. The van der Waals surface area contributed by atoms with Crippen LogP contribution in [0.3, 0.4) is 0 Å². The Balaban J connectivity index is 1.41. The Kier molecular flexibility index (Phi) is 6.30. The Bertz CT molecular complexity index is 1180. The van der Waals surface area contributed by atoms with E-state index in [0.717, 1.165) is 6.42 Å². The lowest BCUT2D eigenvalue weighted by molar-refractivity contribution is -0.115. The van der Waals surface area contributed by atoms with Gasteiger partial charge >= 0.3 is 0 Å². The highest BCUT2D eigenvalue weighted by Crippen LogP contribution is 2.38. The van der Waals surface area contributed by atoms with Gasteiger partial charge in [-0.25, -0.2) is 13.4 Å². The predicted molar refractivity (Wildman–Crippen MR) is 119 cm³/mol. The molecule has 1 aliphatic heterocycles. The van der Waals surface area contributed by atoms with Crippen molar-refractivity contribution in [2.24, 2.45) is 0 Å². The van der Waals surface area contributed by atoms with Crippen molar-refractivity contribution in [3.05, 3.63) is 58.6 Å². The largest absolute Gasteiger partial charge is 0.489 e. The van der Waals surface area contributed by atoms with E-state index in [1.165, 1.54) is 41.8 Å². The van der Waals surface area contributed by atoms with E-state index in [4.69, 9.17) is 21.1 Å². The Morgan fingerprint density at radius 1 is 1.16 bits per heavy atom. The van der Waals surface area contributed by atoms with E-state index in [-0.39, 0.29) is 22.4 Å². The molecule has 0 spiro atoms. The van der Waals surface area contributed by atoms with Crippen LogP contribution in [0.4, 0.5) is 10.8 Å². The van der Waals surface area contributed by atoms with Crippen molar-refractivity contribution < 1.29 is 22.7 Å². The minimum absolute atomic E-state index is 0.0652. The molecule has 1 amide bonds. The van der Waals surface area contributed by atoms with Gasteiger partial charge in [-0.15, -0.1) is 11.3 Å². The van der Waals surface area contributed by atoms with Crippen molar-refractivity contribution in [3.8, 4) is 11.5 Å². The molecule has 0 bridgehead atoms. The van der Waals surface area contributed by atoms with E-state index >= 15 is 0 Å². The van der Waals surface area contributed by atoms with E-state index < -0.39 is 10.0 Å². The molecule has 1 aliphatic rings. The van der Waals surface area contributed by atoms with Gasteiger partial charge in [-0.1, -0.05) is 11.6 Å². The molecule has 4 rings (SSSR count). The lowest BCUT2D eigenvalue weighted by Crippen LogP contribution is -2.15. The maximum absolute atomic E-state index is 12.5. The molecule has 0 saturated heterocycles. The monoisotopic (exact) mass is 479 g/mol. The molecule has 0 saturated carbocycles. The van der Waals surface area contributed by atoms with Crippen LogP contribution in [0.5, 0.6) is 11.5 Å². The molecule has 0 fully saturated rings. The average molecular weight is 480 g/mol. The van der Waals surface area contributed by atoms with E-state index in [1.54, 1.807) is 17.5 Å². The Morgan fingerprint density at radius 3 is 2.68 bits per heavy atom. The summed E-state index contributed by atoms with van der Waals surface area (Å²) in [6, 6.07) is 9.29. The van der Waals surface area contributed by atoms with Crippen molar-refractivity contribution in [2.75, 3.05) is 23.3 Å². The number of fused-ring (bicyclic) bond motifs is 1. The summed E-state index contributed by atoms with van der Waals surface area (Å²) in [5.41, 5.74) is 1.15. The number of nitrogens with one attached hydrogen (secondary N) is 2. The Labute approximate surface area is 188 Å². The van der Waals surface area contributed by atoms with E-state index in [9.17, 15) is 13.2 Å². The molecule has 31 heavy (non-hydrogen) atoms. The zero-order valence-corrected chi connectivity index (χ0v) is 18.5. The zero-order valence-electron chi connectivity index (χ0n) is 16.1. The van der Waals surface area contributed by atoms with Crippen molar-refractivity contribution >= 4 is 49.7 Å². The number of carbonyl (C=O) groups excluding carboxylic acids is 1. The number of halogens is 1. The van der Waals surface area contributed by atoms with Crippen molar-refractivity contribution in [2.45, 2.75) is 17.7 Å². The van der Waals surface area contributed by atoms with Crippen LogP contribution in [-0.4, -0.2) is 32.5 Å². The first-order valence-electron chi connectivity index (χ1n) is 9.31. The van der Waals surface area contributed by atoms with E-state index in [0.29, 0.717) is 41.0 Å². The third-order valence-corrected chi connectivity index (χ3v) is 6.78. The van der Waals surface area contributed by atoms with Crippen LogP contribution in [-0.2, 0) is 21.2 Å². The zero-order chi connectivity index (χ0) is 21.8. The number of carbonyl (C=O) groups is 1. The summed E-state index contributed by atoms with van der Waals surface area (Å²) >= 11 is 7.45. The van der Waals surface area contributed by atoms with Gasteiger partial charge in [-0.2, -0.15) is 0 Å². The minimum atomic E-state index is -3.75. The second kappa shape index (κ2) is 9.13. The molecule has 11 heteroatoms. The number of thiazole rings is 1. The molecule has 0 radical (unpaired) electrons. The third-order valence-electron chi connectivity index (χ3n) is 4.33. The first-order chi connectivity index (χ1) is 14.9. The molecule has 2 aromatic carbocycles. The number of aromatic nitrogens is 1. The van der Waals surface area contributed by atoms with Gasteiger partial charge in [-0.3, -0.25) is 9.52 Å². The number of benzene rings is 2. The number of sulfonamides is 1.